The molecule has 2 aromatic heterocycles. The number of fused-ring (bicyclic) bond motifs is 1. The van der Waals surface area contributed by atoms with E-state index in [0.717, 1.165) is 10.4 Å². The Morgan fingerprint density at radius 2 is 2.21 bits per heavy atom. The predicted molar refractivity (Wildman–Crippen MR) is 114 cm³/mol. The molecule has 0 saturated heterocycles. The Hall–Kier alpha value is -2.32. The van der Waals surface area contributed by atoms with E-state index in [2.05, 4.69) is 21.9 Å². The van der Waals surface area contributed by atoms with E-state index in [9.17, 15) is 9.59 Å². The summed E-state index contributed by atoms with van der Waals surface area (Å²) in [6.45, 7) is 11.1. The van der Waals surface area contributed by atoms with Gasteiger partial charge in [-0.2, -0.15) is 0 Å². The van der Waals surface area contributed by atoms with Crippen molar-refractivity contribution in [1.82, 2.24) is 9.97 Å². The fourth-order valence-electron chi connectivity index (χ4n) is 3.13. The molecule has 3 heterocycles. The summed E-state index contributed by atoms with van der Waals surface area (Å²) in [5.41, 5.74) is 2.30. The van der Waals surface area contributed by atoms with Crippen LogP contribution in [0.1, 0.15) is 42.7 Å². The minimum Gasteiger partial charge on any atom is -0.460 e. The number of anilines is 1. The van der Waals surface area contributed by atoms with E-state index in [1.165, 1.54) is 23.1 Å². The second-order valence-electron chi connectivity index (χ2n) is 6.75. The summed E-state index contributed by atoms with van der Waals surface area (Å²) in [6, 6.07) is 1.98. The molecule has 0 bridgehead atoms. The lowest BCUT2D eigenvalue weighted by molar-refractivity contribution is -0.142. The number of carbonyl (C=O) groups excluding carboxylic acids is 1. The van der Waals surface area contributed by atoms with Crippen LogP contribution in [0.3, 0.4) is 0 Å². The molecule has 1 aliphatic heterocycles. The predicted octanol–water partition coefficient (Wildman–Crippen LogP) is 4.20. The number of thiophene rings is 1. The number of carbonyl (C=O) groups is 1. The zero-order chi connectivity index (χ0) is 20.4. The van der Waals surface area contributed by atoms with Gasteiger partial charge >= 0.3 is 5.97 Å². The Balaban J connectivity index is 2.19. The minimum absolute atomic E-state index is 0.256. The van der Waals surface area contributed by atoms with E-state index in [1.807, 2.05) is 25.3 Å². The third-order valence-electron chi connectivity index (χ3n) is 4.29. The van der Waals surface area contributed by atoms with Crippen molar-refractivity contribution in [3.63, 3.8) is 0 Å². The van der Waals surface area contributed by atoms with Crippen LogP contribution in [-0.4, -0.2) is 27.8 Å². The van der Waals surface area contributed by atoms with Gasteiger partial charge in [0.15, 0.2) is 5.16 Å². The van der Waals surface area contributed by atoms with Gasteiger partial charge in [0.05, 0.1) is 23.2 Å². The largest absolute Gasteiger partial charge is 0.460 e. The molecule has 6 nitrogen and oxygen atoms in total. The Kier molecular flexibility index (Phi) is 6.10. The molecule has 0 radical (unpaired) electrons. The molecular weight excluding hydrogens is 394 g/mol. The highest BCUT2D eigenvalue weighted by molar-refractivity contribution is 7.99. The number of aromatic nitrogens is 2. The number of ether oxygens (including phenoxy) is 1. The maximum absolute atomic E-state index is 13.0. The molecule has 1 atom stereocenters. The molecule has 0 amide bonds. The van der Waals surface area contributed by atoms with Crippen LogP contribution >= 0.6 is 23.1 Å². The van der Waals surface area contributed by atoms with Gasteiger partial charge in [-0.05, 0) is 44.7 Å². The first-order valence-electron chi connectivity index (χ1n) is 8.94. The van der Waals surface area contributed by atoms with Crippen LogP contribution in [0.5, 0.6) is 0 Å². The lowest BCUT2D eigenvalue weighted by Crippen LogP contribution is -2.31. The molecule has 28 heavy (non-hydrogen) atoms. The van der Waals surface area contributed by atoms with Crippen molar-refractivity contribution in [2.75, 3.05) is 11.1 Å². The molecule has 8 heteroatoms. The van der Waals surface area contributed by atoms with Gasteiger partial charge in [0.25, 0.3) is 5.56 Å². The third kappa shape index (κ3) is 3.93. The second-order valence-corrected chi connectivity index (χ2v) is 8.71. The number of aryl methyl sites for hydroxylation is 1. The van der Waals surface area contributed by atoms with Crippen molar-refractivity contribution >= 4 is 34.9 Å². The summed E-state index contributed by atoms with van der Waals surface area (Å²) in [4.78, 5) is 34.3. The number of nitrogens with one attached hydrogen (secondary N) is 2. The number of nitrogens with zero attached hydrogens (tertiary/aromatic N) is 1. The van der Waals surface area contributed by atoms with Crippen molar-refractivity contribution in [3.05, 3.63) is 61.7 Å². The van der Waals surface area contributed by atoms with E-state index in [0.29, 0.717) is 33.6 Å². The smallest absolute Gasteiger partial charge is 0.337 e. The van der Waals surface area contributed by atoms with Crippen LogP contribution in [0.15, 0.2) is 45.3 Å². The van der Waals surface area contributed by atoms with E-state index in [1.54, 1.807) is 19.9 Å². The van der Waals surface area contributed by atoms with Crippen molar-refractivity contribution in [2.24, 2.45) is 0 Å². The summed E-state index contributed by atoms with van der Waals surface area (Å²) >= 11 is 2.92. The van der Waals surface area contributed by atoms with Gasteiger partial charge in [-0.15, -0.1) is 17.9 Å². The first-order valence-corrected chi connectivity index (χ1v) is 10.8. The van der Waals surface area contributed by atoms with Gasteiger partial charge in [-0.1, -0.05) is 17.8 Å². The summed E-state index contributed by atoms with van der Waals surface area (Å²) in [7, 11) is 0. The highest BCUT2D eigenvalue weighted by atomic mass is 32.2. The molecule has 0 saturated carbocycles. The Labute approximate surface area is 172 Å². The number of esters is 1. The van der Waals surface area contributed by atoms with Crippen LogP contribution in [0.25, 0.3) is 0 Å². The summed E-state index contributed by atoms with van der Waals surface area (Å²) in [6.07, 6.45) is 1.49. The maximum Gasteiger partial charge on any atom is 0.337 e. The van der Waals surface area contributed by atoms with E-state index >= 15 is 0 Å². The van der Waals surface area contributed by atoms with Gasteiger partial charge in [-0.25, -0.2) is 9.78 Å². The van der Waals surface area contributed by atoms with Gasteiger partial charge in [0.2, 0.25) is 0 Å². The Morgan fingerprint density at radius 3 is 2.82 bits per heavy atom. The molecule has 2 aromatic rings. The van der Waals surface area contributed by atoms with Crippen LogP contribution in [0, 0.1) is 6.92 Å². The maximum atomic E-state index is 13.0. The number of rotatable bonds is 6. The van der Waals surface area contributed by atoms with Gasteiger partial charge in [0.1, 0.15) is 5.82 Å². The molecule has 0 spiro atoms. The van der Waals surface area contributed by atoms with E-state index in [-0.39, 0.29) is 11.7 Å². The van der Waals surface area contributed by atoms with Crippen LogP contribution in [-0.2, 0) is 9.53 Å². The molecule has 0 aromatic carbocycles. The van der Waals surface area contributed by atoms with E-state index < -0.39 is 11.9 Å². The fraction of sp³-hybridized carbons (Fsp3) is 0.350. The zero-order valence-electron chi connectivity index (χ0n) is 16.3. The first-order chi connectivity index (χ1) is 13.3. The number of hydrogen-bond donors (Lipinski definition) is 2. The average Bonchev–Trinajstić information content (AvgIpc) is 3.03. The number of H-pyrrole nitrogens is 1. The molecule has 3 rings (SSSR count). The molecule has 148 valence electrons. The number of hydrogen-bond acceptors (Lipinski definition) is 7. The van der Waals surface area contributed by atoms with Crippen LogP contribution < -0.4 is 10.9 Å². The Bertz CT molecular complexity index is 1000. The normalized spacial score (nSPS) is 16.0. The number of thioether (sulfide) groups is 1. The highest BCUT2D eigenvalue weighted by Crippen LogP contribution is 2.43. The third-order valence-corrected chi connectivity index (χ3v) is 6.24. The van der Waals surface area contributed by atoms with Crippen molar-refractivity contribution < 1.29 is 9.53 Å². The molecule has 0 aliphatic carbocycles. The first kappa shape index (κ1) is 20.4. The second kappa shape index (κ2) is 8.36. The average molecular weight is 418 g/mol. The topological polar surface area (TPSA) is 84.1 Å². The number of allylic oxidation sites excluding steroid dienone is 1. The fourth-order valence-corrected chi connectivity index (χ4v) is 4.77. The minimum atomic E-state index is -0.516. The van der Waals surface area contributed by atoms with Crippen molar-refractivity contribution in [1.29, 1.82) is 0 Å². The van der Waals surface area contributed by atoms with Crippen LogP contribution in [0.2, 0.25) is 0 Å². The SMILES string of the molecule is C=CCSc1nc2c(c(=O)[nH]1)[C@@H](c1sccc1C)C(C(=O)OC(C)C)=C(C)N2. The van der Waals surface area contributed by atoms with Crippen LogP contribution in [0.4, 0.5) is 5.82 Å². The summed E-state index contributed by atoms with van der Waals surface area (Å²) < 4.78 is 5.48. The summed E-state index contributed by atoms with van der Waals surface area (Å²) in [5, 5.41) is 5.62. The Morgan fingerprint density at radius 1 is 1.46 bits per heavy atom. The van der Waals surface area contributed by atoms with E-state index in [4.69, 9.17) is 4.74 Å². The molecule has 0 fully saturated rings. The van der Waals surface area contributed by atoms with Gasteiger partial charge < -0.3 is 15.0 Å². The number of aromatic amines is 1. The van der Waals surface area contributed by atoms with Crippen molar-refractivity contribution in [3.8, 4) is 0 Å². The van der Waals surface area contributed by atoms with Gasteiger partial charge in [0, 0.05) is 16.3 Å². The monoisotopic (exact) mass is 417 g/mol. The lowest BCUT2D eigenvalue weighted by Gasteiger charge is -2.29. The quantitative estimate of drug-likeness (QED) is 0.317. The molecule has 0 unspecified atom stereocenters. The zero-order valence-corrected chi connectivity index (χ0v) is 17.9. The molecule has 2 N–H and O–H groups in total. The van der Waals surface area contributed by atoms with Crippen molar-refractivity contribution in [2.45, 2.75) is 44.9 Å². The lowest BCUT2D eigenvalue weighted by atomic mass is 9.85. The summed E-state index contributed by atoms with van der Waals surface area (Å²) in [5.74, 6) is 0.174. The molecule has 1 aliphatic rings. The molecular formula is C20H23N3O3S2. The van der Waals surface area contributed by atoms with Gasteiger partial charge in [-0.3, -0.25) is 4.79 Å². The standard InChI is InChI=1S/C20H23N3O3S2/c1-6-8-28-20-22-17-15(18(24)23-20)14(16-11(4)7-9-27-16)13(12(5)21-17)19(25)26-10(2)3/h6-7,9-10,14H,1,8H2,2-5H3,(H2,21,22,23,24)/t14-/m0/s1. The highest BCUT2D eigenvalue weighted by Gasteiger charge is 2.38.